The molecule has 0 heterocycles. The smallest absolute Gasteiger partial charge is 0.115 e. The van der Waals surface area contributed by atoms with Crippen molar-refractivity contribution < 1.29 is 5.11 Å². The average molecular weight is 245 g/mol. The number of aromatic hydroxyl groups is 1. The summed E-state index contributed by atoms with van der Waals surface area (Å²) < 4.78 is 0. The number of phenols is 1. The molecule has 98 valence electrons. The summed E-state index contributed by atoms with van der Waals surface area (Å²) in [7, 11) is 0. The molecular weight excluding hydrogens is 222 g/mol. The summed E-state index contributed by atoms with van der Waals surface area (Å²) >= 11 is 0. The fourth-order valence-electron chi connectivity index (χ4n) is 3.64. The quantitative estimate of drug-likeness (QED) is 0.855. The monoisotopic (exact) mass is 245 g/mol. The predicted octanol–water partition coefficient (Wildman–Crippen LogP) is 3.41. The van der Waals surface area contributed by atoms with Crippen molar-refractivity contribution in [1.29, 1.82) is 0 Å². The van der Waals surface area contributed by atoms with Gasteiger partial charge in [-0.3, -0.25) is 0 Å². The molecule has 2 N–H and O–H groups in total. The SMILES string of the molecule is CC1CCCC1CNC1CCc2cc(O)ccc21. The fourth-order valence-corrected chi connectivity index (χ4v) is 3.64. The third kappa shape index (κ3) is 2.26. The van der Waals surface area contributed by atoms with Crippen LogP contribution < -0.4 is 5.32 Å². The van der Waals surface area contributed by atoms with Gasteiger partial charge < -0.3 is 10.4 Å². The van der Waals surface area contributed by atoms with Gasteiger partial charge in [-0.1, -0.05) is 25.8 Å². The largest absolute Gasteiger partial charge is 0.508 e. The van der Waals surface area contributed by atoms with Crippen molar-refractivity contribution in [3.05, 3.63) is 29.3 Å². The second kappa shape index (κ2) is 4.93. The first-order chi connectivity index (χ1) is 8.74. The molecule has 0 amide bonds. The van der Waals surface area contributed by atoms with E-state index in [0.717, 1.165) is 24.8 Å². The highest BCUT2D eigenvalue weighted by molar-refractivity contribution is 5.40. The van der Waals surface area contributed by atoms with Crippen molar-refractivity contribution in [1.82, 2.24) is 5.32 Å². The first kappa shape index (κ1) is 12.0. The van der Waals surface area contributed by atoms with Gasteiger partial charge in [0.2, 0.25) is 0 Å². The van der Waals surface area contributed by atoms with Crippen LogP contribution in [-0.4, -0.2) is 11.7 Å². The Hall–Kier alpha value is -1.02. The molecule has 3 unspecified atom stereocenters. The summed E-state index contributed by atoms with van der Waals surface area (Å²) in [5.74, 6) is 2.16. The van der Waals surface area contributed by atoms with Gasteiger partial charge in [0.05, 0.1) is 0 Å². The maximum Gasteiger partial charge on any atom is 0.115 e. The van der Waals surface area contributed by atoms with Crippen LogP contribution in [0.1, 0.15) is 49.8 Å². The number of hydrogen-bond acceptors (Lipinski definition) is 2. The Bertz CT molecular complexity index is 429. The molecule has 0 bridgehead atoms. The second-order valence-corrected chi connectivity index (χ2v) is 6.05. The first-order valence-corrected chi connectivity index (χ1v) is 7.29. The van der Waals surface area contributed by atoms with E-state index >= 15 is 0 Å². The van der Waals surface area contributed by atoms with Crippen LogP contribution in [0.15, 0.2) is 18.2 Å². The molecule has 1 saturated carbocycles. The number of hydrogen-bond donors (Lipinski definition) is 2. The molecule has 2 aliphatic rings. The van der Waals surface area contributed by atoms with Gasteiger partial charge in [-0.25, -0.2) is 0 Å². The molecular formula is C16H23NO. The minimum absolute atomic E-state index is 0.402. The number of phenolic OH excluding ortho intramolecular Hbond substituents is 1. The van der Waals surface area contributed by atoms with Crippen LogP contribution in [-0.2, 0) is 6.42 Å². The van der Waals surface area contributed by atoms with Crippen LogP contribution >= 0.6 is 0 Å². The average Bonchev–Trinajstić information content (AvgIpc) is 2.93. The van der Waals surface area contributed by atoms with Gasteiger partial charge in [-0.05, 0) is 60.9 Å². The van der Waals surface area contributed by atoms with E-state index in [-0.39, 0.29) is 0 Å². The number of nitrogens with one attached hydrogen (secondary N) is 1. The molecule has 1 fully saturated rings. The van der Waals surface area contributed by atoms with Gasteiger partial charge in [0.15, 0.2) is 0 Å². The molecule has 0 saturated heterocycles. The summed E-state index contributed by atoms with van der Waals surface area (Å²) in [5, 5.41) is 13.2. The molecule has 2 heteroatoms. The maximum atomic E-state index is 9.50. The third-order valence-corrected chi connectivity index (χ3v) is 4.87. The number of benzene rings is 1. The lowest BCUT2D eigenvalue weighted by Crippen LogP contribution is -2.27. The first-order valence-electron chi connectivity index (χ1n) is 7.29. The van der Waals surface area contributed by atoms with Gasteiger partial charge in [-0.15, -0.1) is 0 Å². The van der Waals surface area contributed by atoms with E-state index in [1.165, 1.54) is 36.8 Å². The van der Waals surface area contributed by atoms with Crippen molar-refractivity contribution in [2.75, 3.05) is 6.54 Å². The van der Waals surface area contributed by atoms with Gasteiger partial charge in [0.1, 0.15) is 5.75 Å². The highest BCUT2D eigenvalue weighted by atomic mass is 16.3. The molecule has 3 atom stereocenters. The van der Waals surface area contributed by atoms with Crippen LogP contribution in [0.4, 0.5) is 0 Å². The lowest BCUT2D eigenvalue weighted by molar-refractivity contribution is 0.367. The van der Waals surface area contributed by atoms with Crippen molar-refractivity contribution >= 4 is 0 Å². The standard InChI is InChI=1S/C16H23NO/c1-11-3-2-4-13(11)10-17-16-8-5-12-9-14(18)6-7-15(12)16/h6-7,9,11,13,16-18H,2-5,8,10H2,1H3. The molecule has 2 aliphatic carbocycles. The Morgan fingerprint density at radius 2 is 2.17 bits per heavy atom. The summed E-state index contributed by atoms with van der Waals surface area (Å²) in [6.45, 7) is 3.55. The molecule has 0 aliphatic heterocycles. The fraction of sp³-hybridized carbons (Fsp3) is 0.625. The maximum absolute atomic E-state index is 9.50. The molecule has 3 rings (SSSR count). The number of fused-ring (bicyclic) bond motifs is 1. The van der Waals surface area contributed by atoms with Crippen LogP contribution in [0, 0.1) is 11.8 Å². The van der Waals surface area contributed by atoms with Crippen molar-refractivity contribution in [3.8, 4) is 5.75 Å². The molecule has 1 aromatic rings. The van der Waals surface area contributed by atoms with Gasteiger partial charge in [-0.2, -0.15) is 0 Å². The lowest BCUT2D eigenvalue weighted by atomic mass is 9.97. The summed E-state index contributed by atoms with van der Waals surface area (Å²) in [4.78, 5) is 0. The zero-order chi connectivity index (χ0) is 12.5. The summed E-state index contributed by atoms with van der Waals surface area (Å²) in [5.41, 5.74) is 2.73. The van der Waals surface area contributed by atoms with E-state index in [1.807, 2.05) is 12.1 Å². The second-order valence-electron chi connectivity index (χ2n) is 6.05. The predicted molar refractivity (Wildman–Crippen MR) is 73.7 cm³/mol. The van der Waals surface area contributed by atoms with Crippen LogP contribution in [0.2, 0.25) is 0 Å². The number of aryl methyl sites for hydroxylation is 1. The third-order valence-electron chi connectivity index (χ3n) is 4.87. The summed E-state index contributed by atoms with van der Waals surface area (Å²) in [6, 6.07) is 6.34. The molecule has 1 aromatic carbocycles. The highest BCUT2D eigenvalue weighted by Gasteiger charge is 2.26. The molecule has 0 aromatic heterocycles. The van der Waals surface area contributed by atoms with Gasteiger partial charge in [0.25, 0.3) is 0 Å². The topological polar surface area (TPSA) is 32.3 Å². The minimum Gasteiger partial charge on any atom is -0.508 e. The van der Waals surface area contributed by atoms with Crippen molar-refractivity contribution in [2.24, 2.45) is 11.8 Å². The van der Waals surface area contributed by atoms with E-state index in [9.17, 15) is 5.11 Å². The Kier molecular flexibility index (Phi) is 3.29. The van der Waals surface area contributed by atoms with E-state index < -0.39 is 0 Å². The van der Waals surface area contributed by atoms with E-state index in [1.54, 1.807) is 0 Å². The minimum atomic E-state index is 0.402. The van der Waals surface area contributed by atoms with Crippen LogP contribution in [0.5, 0.6) is 5.75 Å². The Morgan fingerprint density at radius 3 is 2.94 bits per heavy atom. The zero-order valence-electron chi connectivity index (χ0n) is 11.2. The van der Waals surface area contributed by atoms with Crippen molar-refractivity contribution in [3.63, 3.8) is 0 Å². The zero-order valence-corrected chi connectivity index (χ0v) is 11.2. The lowest BCUT2D eigenvalue weighted by Gasteiger charge is -2.20. The molecule has 0 spiro atoms. The van der Waals surface area contributed by atoms with E-state index in [4.69, 9.17) is 0 Å². The molecule has 0 radical (unpaired) electrons. The normalized spacial score (nSPS) is 30.6. The Labute approximate surface area is 109 Å². The summed E-state index contributed by atoms with van der Waals surface area (Å²) in [6.07, 6.45) is 6.48. The Morgan fingerprint density at radius 1 is 1.28 bits per heavy atom. The van der Waals surface area contributed by atoms with Gasteiger partial charge in [0, 0.05) is 6.04 Å². The van der Waals surface area contributed by atoms with Crippen LogP contribution in [0.25, 0.3) is 0 Å². The van der Waals surface area contributed by atoms with Gasteiger partial charge >= 0.3 is 0 Å². The molecule has 18 heavy (non-hydrogen) atoms. The number of rotatable bonds is 3. The van der Waals surface area contributed by atoms with E-state index in [0.29, 0.717) is 11.8 Å². The molecule has 2 nitrogen and oxygen atoms in total. The van der Waals surface area contributed by atoms with Crippen molar-refractivity contribution in [2.45, 2.75) is 45.1 Å². The van der Waals surface area contributed by atoms with Crippen LogP contribution in [0.3, 0.4) is 0 Å². The Balaban J connectivity index is 1.62. The highest BCUT2D eigenvalue weighted by Crippen LogP contribution is 2.35. The van der Waals surface area contributed by atoms with E-state index in [2.05, 4.69) is 18.3 Å².